The van der Waals surface area contributed by atoms with Gasteiger partial charge in [-0.1, -0.05) is 29.3 Å². The summed E-state index contributed by atoms with van der Waals surface area (Å²) < 4.78 is 0. The number of benzene rings is 1. The van der Waals surface area contributed by atoms with Gasteiger partial charge in [0.1, 0.15) is 0 Å². The molecule has 1 saturated carbocycles. The summed E-state index contributed by atoms with van der Waals surface area (Å²) >= 11 is 11.9. The van der Waals surface area contributed by atoms with Crippen molar-refractivity contribution in [1.82, 2.24) is 4.90 Å². The molecule has 2 N–H and O–H groups in total. The van der Waals surface area contributed by atoms with E-state index in [2.05, 4.69) is 0 Å². The first kappa shape index (κ1) is 15.9. The van der Waals surface area contributed by atoms with E-state index in [9.17, 15) is 4.79 Å². The van der Waals surface area contributed by atoms with E-state index < -0.39 is 0 Å². The fraction of sp³-hybridized carbons (Fsp3) is 0.500. The largest absolute Gasteiger partial charge is 0.341 e. The number of nitrogens with two attached hydrogens (primary N) is 1. The van der Waals surface area contributed by atoms with Gasteiger partial charge in [-0.3, -0.25) is 4.79 Å². The Morgan fingerprint density at radius 3 is 2.65 bits per heavy atom. The summed E-state index contributed by atoms with van der Waals surface area (Å²) in [5, 5.41) is 1.11. The van der Waals surface area contributed by atoms with Crippen LogP contribution in [0.1, 0.15) is 24.3 Å². The zero-order valence-electron chi connectivity index (χ0n) is 10.9. The van der Waals surface area contributed by atoms with Crippen LogP contribution in [0, 0.1) is 5.92 Å². The summed E-state index contributed by atoms with van der Waals surface area (Å²) in [7, 11) is 0. The normalized spacial score (nSPS) is 28.1. The van der Waals surface area contributed by atoms with Crippen LogP contribution in [0.15, 0.2) is 18.2 Å². The number of carbonyl (C=O) groups is 1. The first-order valence-corrected chi connectivity index (χ1v) is 7.31. The van der Waals surface area contributed by atoms with Crippen LogP contribution in [0.4, 0.5) is 0 Å². The first-order valence-electron chi connectivity index (χ1n) is 6.55. The molecule has 1 saturated heterocycles. The van der Waals surface area contributed by atoms with E-state index in [1.54, 1.807) is 6.07 Å². The number of hydrogen-bond acceptors (Lipinski definition) is 2. The summed E-state index contributed by atoms with van der Waals surface area (Å²) in [6, 6.07) is 5.77. The zero-order chi connectivity index (χ0) is 13.6. The average molecular weight is 336 g/mol. The van der Waals surface area contributed by atoms with Crippen molar-refractivity contribution in [3.63, 3.8) is 0 Å². The molecule has 3 rings (SSSR count). The van der Waals surface area contributed by atoms with E-state index in [-0.39, 0.29) is 30.3 Å². The number of likely N-dealkylation sites (tertiary alicyclic amines) is 1. The van der Waals surface area contributed by atoms with Crippen LogP contribution >= 0.6 is 35.6 Å². The summed E-state index contributed by atoms with van der Waals surface area (Å²) in [4.78, 5) is 14.2. The van der Waals surface area contributed by atoms with Crippen LogP contribution < -0.4 is 5.73 Å². The molecule has 110 valence electrons. The third-order valence-electron chi connectivity index (χ3n) is 4.02. The van der Waals surface area contributed by atoms with Gasteiger partial charge in [-0.25, -0.2) is 0 Å². The minimum atomic E-state index is 0. The fourth-order valence-corrected chi connectivity index (χ4v) is 3.11. The van der Waals surface area contributed by atoms with Gasteiger partial charge in [0.15, 0.2) is 0 Å². The second-order valence-corrected chi connectivity index (χ2v) is 6.27. The number of carbonyl (C=O) groups excluding carboxylic acids is 1. The van der Waals surface area contributed by atoms with Crippen molar-refractivity contribution >= 4 is 41.5 Å². The standard InChI is InChI=1S/C14H16Cl2N2O.ClH/c15-12-2-1-8(5-13(12)16)10-6-11(10)14(19)18-4-3-9(17)7-18;/h1-2,5,9-11H,3-4,6-7,17H2;1H/t9-,10?,11?;/m1./s1. The number of halogens is 3. The quantitative estimate of drug-likeness (QED) is 0.903. The van der Waals surface area contributed by atoms with Crippen molar-refractivity contribution in [1.29, 1.82) is 0 Å². The molecular formula is C14H17Cl3N2O. The van der Waals surface area contributed by atoms with Crippen LogP contribution in [-0.4, -0.2) is 29.9 Å². The van der Waals surface area contributed by atoms with Gasteiger partial charge in [0, 0.05) is 25.0 Å². The monoisotopic (exact) mass is 334 g/mol. The van der Waals surface area contributed by atoms with Gasteiger partial charge in [0.05, 0.1) is 10.0 Å². The Labute approximate surface area is 134 Å². The molecule has 6 heteroatoms. The first-order chi connectivity index (χ1) is 9.06. The molecule has 1 amide bonds. The molecular weight excluding hydrogens is 319 g/mol. The fourth-order valence-electron chi connectivity index (χ4n) is 2.80. The molecule has 20 heavy (non-hydrogen) atoms. The topological polar surface area (TPSA) is 46.3 Å². The molecule has 1 heterocycles. The highest BCUT2D eigenvalue weighted by Gasteiger charge is 2.46. The Morgan fingerprint density at radius 1 is 1.30 bits per heavy atom. The lowest BCUT2D eigenvalue weighted by molar-refractivity contribution is -0.131. The lowest BCUT2D eigenvalue weighted by Crippen LogP contribution is -2.33. The van der Waals surface area contributed by atoms with Crippen molar-refractivity contribution in [2.45, 2.75) is 24.8 Å². The predicted molar refractivity (Wildman–Crippen MR) is 83.7 cm³/mol. The maximum atomic E-state index is 12.3. The molecule has 1 aliphatic carbocycles. The molecule has 1 aliphatic heterocycles. The molecule has 2 fully saturated rings. The minimum absolute atomic E-state index is 0. The number of amides is 1. The molecule has 1 aromatic rings. The maximum Gasteiger partial charge on any atom is 0.226 e. The summed E-state index contributed by atoms with van der Waals surface area (Å²) in [6.45, 7) is 1.49. The second kappa shape index (κ2) is 6.10. The zero-order valence-corrected chi connectivity index (χ0v) is 13.2. The van der Waals surface area contributed by atoms with Gasteiger partial charge < -0.3 is 10.6 Å². The van der Waals surface area contributed by atoms with Gasteiger partial charge in [-0.2, -0.15) is 0 Å². The van der Waals surface area contributed by atoms with Crippen molar-refractivity contribution < 1.29 is 4.79 Å². The predicted octanol–water partition coefficient (Wildman–Crippen LogP) is 3.08. The Kier molecular flexibility index (Phi) is 4.85. The third-order valence-corrected chi connectivity index (χ3v) is 4.75. The van der Waals surface area contributed by atoms with Crippen molar-refractivity contribution in [3.8, 4) is 0 Å². The van der Waals surface area contributed by atoms with Crippen LogP contribution in [0.5, 0.6) is 0 Å². The number of rotatable bonds is 2. The Bertz CT molecular complexity index is 523. The van der Waals surface area contributed by atoms with E-state index in [4.69, 9.17) is 28.9 Å². The molecule has 0 spiro atoms. The second-order valence-electron chi connectivity index (χ2n) is 5.46. The van der Waals surface area contributed by atoms with Gasteiger partial charge in [0.25, 0.3) is 0 Å². The molecule has 0 bridgehead atoms. The van der Waals surface area contributed by atoms with E-state index in [0.29, 0.717) is 22.5 Å². The molecule has 2 unspecified atom stereocenters. The van der Waals surface area contributed by atoms with Gasteiger partial charge in [0.2, 0.25) is 5.91 Å². The van der Waals surface area contributed by atoms with Crippen molar-refractivity contribution in [3.05, 3.63) is 33.8 Å². The van der Waals surface area contributed by atoms with E-state index in [1.165, 1.54) is 0 Å². The molecule has 2 aliphatic rings. The average Bonchev–Trinajstić information content (AvgIpc) is 3.07. The van der Waals surface area contributed by atoms with Crippen molar-refractivity contribution in [2.24, 2.45) is 11.7 Å². The van der Waals surface area contributed by atoms with Crippen molar-refractivity contribution in [2.75, 3.05) is 13.1 Å². The van der Waals surface area contributed by atoms with E-state index >= 15 is 0 Å². The molecule has 3 atom stereocenters. The molecule has 0 radical (unpaired) electrons. The molecule has 0 aromatic heterocycles. The number of nitrogens with zero attached hydrogens (tertiary/aromatic N) is 1. The minimum Gasteiger partial charge on any atom is -0.341 e. The van der Waals surface area contributed by atoms with E-state index in [0.717, 1.165) is 24.9 Å². The highest BCUT2D eigenvalue weighted by Crippen LogP contribution is 2.49. The van der Waals surface area contributed by atoms with Gasteiger partial charge >= 0.3 is 0 Å². The molecule has 1 aromatic carbocycles. The highest BCUT2D eigenvalue weighted by molar-refractivity contribution is 6.42. The third kappa shape index (κ3) is 3.06. The Hall–Kier alpha value is -0.480. The van der Waals surface area contributed by atoms with Gasteiger partial charge in [-0.05, 0) is 36.5 Å². The summed E-state index contributed by atoms with van der Waals surface area (Å²) in [6.07, 6.45) is 1.82. The Morgan fingerprint density at radius 2 is 2.05 bits per heavy atom. The van der Waals surface area contributed by atoms with Crippen LogP contribution in [0.25, 0.3) is 0 Å². The smallest absolute Gasteiger partial charge is 0.226 e. The lowest BCUT2D eigenvalue weighted by atomic mass is 10.1. The summed E-state index contributed by atoms with van der Waals surface area (Å²) in [5.74, 6) is 0.630. The van der Waals surface area contributed by atoms with Gasteiger partial charge in [-0.15, -0.1) is 12.4 Å². The SMILES string of the molecule is Cl.N[C@@H]1CCN(C(=O)C2CC2c2ccc(Cl)c(Cl)c2)C1. The van der Waals surface area contributed by atoms with Crippen LogP contribution in [-0.2, 0) is 4.79 Å². The molecule has 3 nitrogen and oxygen atoms in total. The Balaban J connectivity index is 0.00000147. The number of hydrogen-bond donors (Lipinski definition) is 1. The highest BCUT2D eigenvalue weighted by atomic mass is 35.5. The lowest BCUT2D eigenvalue weighted by Gasteiger charge is -2.15. The van der Waals surface area contributed by atoms with E-state index in [1.807, 2.05) is 17.0 Å². The summed E-state index contributed by atoms with van der Waals surface area (Å²) in [5.41, 5.74) is 6.95. The van der Waals surface area contributed by atoms with Crippen LogP contribution in [0.3, 0.4) is 0 Å². The van der Waals surface area contributed by atoms with Crippen LogP contribution in [0.2, 0.25) is 10.0 Å². The maximum absolute atomic E-state index is 12.3.